The zero-order valence-corrected chi connectivity index (χ0v) is 21.0. The Kier molecular flexibility index (Phi) is 9.30. The molecule has 0 radical (unpaired) electrons. The fourth-order valence-corrected chi connectivity index (χ4v) is 5.72. The quantitative estimate of drug-likeness (QED) is 0.265. The molecular weight excluding hydrogens is 414 g/mol. The third-order valence-corrected chi connectivity index (χ3v) is 7.72. The van der Waals surface area contributed by atoms with Gasteiger partial charge in [0.2, 0.25) is 0 Å². The SMILES string of the molecule is CCCC/C=C\c1ccccc1CCC(=O)C[C@@H]1CCCC(c2nccc3c2C=CCC3)CC1. The van der Waals surface area contributed by atoms with E-state index in [0.29, 0.717) is 24.0 Å². The van der Waals surface area contributed by atoms with E-state index in [0.717, 1.165) is 38.5 Å². The number of aromatic nitrogens is 1. The van der Waals surface area contributed by atoms with E-state index < -0.39 is 0 Å². The number of nitrogens with zero attached hydrogens (tertiary/aromatic N) is 1. The van der Waals surface area contributed by atoms with E-state index in [4.69, 9.17) is 4.98 Å². The van der Waals surface area contributed by atoms with Crippen molar-refractivity contribution >= 4 is 17.9 Å². The first-order valence-corrected chi connectivity index (χ1v) is 13.6. The van der Waals surface area contributed by atoms with E-state index in [1.165, 1.54) is 66.5 Å². The first-order chi connectivity index (χ1) is 16.7. The van der Waals surface area contributed by atoms with Crippen molar-refractivity contribution in [1.29, 1.82) is 0 Å². The standard InChI is InChI=1S/C32H41NO/c1-2-3-4-5-12-26-13-6-7-14-27(26)20-21-30(34)24-25-11-10-16-29(19-18-25)32-31-17-9-8-15-28(31)22-23-33-32/h5-7,9,12-14,17,22-23,25,29H,2-4,8,10-11,15-16,18-21,24H2,1H3/b12-5-/t25-,29?/m1/s1. The second-order valence-electron chi connectivity index (χ2n) is 10.3. The second-order valence-corrected chi connectivity index (χ2v) is 10.3. The van der Waals surface area contributed by atoms with Gasteiger partial charge in [-0.1, -0.05) is 81.2 Å². The highest BCUT2D eigenvalue weighted by molar-refractivity contribution is 5.79. The number of aryl methyl sites for hydroxylation is 2. The van der Waals surface area contributed by atoms with Gasteiger partial charge >= 0.3 is 0 Å². The summed E-state index contributed by atoms with van der Waals surface area (Å²) >= 11 is 0. The van der Waals surface area contributed by atoms with Crippen molar-refractivity contribution in [2.45, 2.75) is 96.3 Å². The van der Waals surface area contributed by atoms with Crippen molar-refractivity contribution in [3.8, 4) is 0 Å². The molecule has 0 bridgehead atoms. The van der Waals surface area contributed by atoms with Crippen LogP contribution in [-0.4, -0.2) is 10.8 Å². The average molecular weight is 456 g/mol. The first kappa shape index (κ1) is 24.6. The molecule has 1 saturated carbocycles. The second kappa shape index (κ2) is 12.8. The molecule has 2 aromatic rings. The number of hydrogen-bond acceptors (Lipinski definition) is 2. The van der Waals surface area contributed by atoms with Crippen LogP contribution in [0.15, 0.2) is 48.7 Å². The van der Waals surface area contributed by atoms with Crippen LogP contribution in [0.25, 0.3) is 12.2 Å². The summed E-state index contributed by atoms with van der Waals surface area (Å²) in [7, 11) is 0. The zero-order valence-electron chi connectivity index (χ0n) is 21.0. The van der Waals surface area contributed by atoms with Gasteiger partial charge in [-0.3, -0.25) is 9.78 Å². The van der Waals surface area contributed by atoms with Crippen molar-refractivity contribution in [3.63, 3.8) is 0 Å². The number of ketones is 1. The molecule has 1 fully saturated rings. The van der Waals surface area contributed by atoms with Crippen LogP contribution in [0.3, 0.4) is 0 Å². The van der Waals surface area contributed by atoms with Gasteiger partial charge < -0.3 is 0 Å². The Morgan fingerprint density at radius 1 is 1.12 bits per heavy atom. The van der Waals surface area contributed by atoms with E-state index in [1.807, 2.05) is 6.20 Å². The molecule has 1 unspecified atom stereocenters. The van der Waals surface area contributed by atoms with Crippen molar-refractivity contribution in [3.05, 3.63) is 76.6 Å². The van der Waals surface area contributed by atoms with Gasteiger partial charge in [0.1, 0.15) is 5.78 Å². The van der Waals surface area contributed by atoms with Crippen LogP contribution >= 0.6 is 0 Å². The Hall–Kier alpha value is -2.48. The molecule has 0 aliphatic heterocycles. The number of hydrogen-bond donors (Lipinski definition) is 0. The van der Waals surface area contributed by atoms with E-state index in [-0.39, 0.29) is 0 Å². The van der Waals surface area contributed by atoms with E-state index in [1.54, 1.807) is 0 Å². The highest BCUT2D eigenvalue weighted by atomic mass is 16.1. The van der Waals surface area contributed by atoms with Crippen LogP contribution < -0.4 is 0 Å². The van der Waals surface area contributed by atoms with Crippen LogP contribution in [0.5, 0.6) is 0 Å². The molecule has 0 saturated heterocycles. The zero-order chi connectivity index (χ0) is 23.6. The molecule has 1 aromatic heterocycles. The minimum atomic E-state index is 0.436. The summed E-state index contributed by atoms with van der Waals surface area (Å²) in [4.78, 5) is 17.7. The van der Waals surface area contributed by atoms with Gasteiger partial charge in [0.15, 0.2) is 0 Å². The minimum Gasteiger partial charge on any atom is -0.300 e. The smallest absolute Gasteiger partial charge is 0.133 e. The van der Waals surface area contributed by atoms with Crippen LogP contribution in [0.4, 0.5) is 0 Å². The molecule has 2 aliphatic carbocycles. The maximum atomic E-state index is 12.9. The van der Waals surface area contributed by atoms with Gasteiger partial charge in [-0.05, 0) is 79.2 Å². The molecule has 2 nitrogen and oxygen atoms in total. The van der Waals surface area contributed by atoms with Crippen molar-refractivity contribution < 1.29 is 4.79 Å². The number of carbonyl (C=O) groups excluding carboxylic acids is 1. The van der Waals surface area contributed by atoms with Gasteiger partial charge in [0, 0.05) is 25.0 Å². The van der Waals surface area contributed by atoms with Crippen molar-refractivity contribution in [1.82, 2.24) is 4.98 Å². The maximum Gasteiger partial charge on any atom is 0.133 e. The molecule has 0 spiro atoms. The lowest BCUT2D eigenvalue weighted by atomic mass is 9.87. The summed E-state index contributed by atoms with van der Waals surface area (Å²) in [5, 5.41) is 0. The fourth-order valence-electron chi connectivity index (χ4n) is 5.72. The molecule has 34 heavy (non-hydrogen) atoms. The Morgan fingerprint density at radius 2 is 2.03 bits per heavy atom. The Labute approximate surface area is 206 Å². The molecule has 2 atom stereocenters. The van der Waals surface area contributed by atoms with Crippen molar-refractivity contribution in [2.24, 2.45) is 5.92 Å². The number of benzene rings is 1. The van der Waals surface area contributed by atoms with E-state index >= 15 is 0 Å². The number of unbranched alkanes of at least 4 members (excludes halogenated alkanes) is 2. The molecule has 180 valence electrons. The molecule has 2 heteroatoms. The lowest BCUT2D eigenvalue weighted by Crippen LogP contribution is -2.10. The Balaban J connectivity index is 1.29. The van der Waals surface area contributed by atoms with Gasteiger partial charge in [-0.15, -0.1) is 0 Å². The molecule has 1 heterocycles. The molecule has 4 rings (SSSR count). The highest BCUT2D eigenvalue weighted by Gasteiger charge is 2.25. The number of Topliss-reactive ketones (excluding diaryl/α,β-unsaturated/α-hetero) is 1. The topological polar surface area (TPSA) is 30.0 Å². The van der Waals surface area contributed by atoms with Gasteiger partial charge in [0.05, 0.1) is 5.69 Å². The molecule has 1 aromatic carbocycles. The van der Waals surface area contributed by atoms with Gasteiger partial charge in [-0.25, -0.2) is 0 Å². The Morgan fingerprint density at radius 3 is 2.94 bits per heavy atom. The molecule has 2 aliphatic rings. The molecular formula is C32H41NO. The summed E-state index contributed by atoms with van der Waals surface area (Å²) in [5.41, 5.74) is 6.73. The summed E-state index contributed by atoms with van der Waals surface area (Å²) in [6.07, 6.45) is 25.2. The van der Waals surface area contributed by atoms with Crippen LogP contribution in [0, 0.1) is 5.92 Å². The average Bonchev–Trinajstić information content (AvgIpc) is 3.11. The van der Waals surface area contributed by atoms with E-state index in [2.05, 4.69) is 61.6 Å². The number of pyridine rings is 1. The largest absolute Gasteiger partial charge is 0.300 e. The first-order valence-electron chi connectivity index (χ1n) is 13.6. The predicted octanol–water partition coefficient (Wildman–Crippen LogP) is 8.50. The third kappa shape index (κ3) is 6.78. The number of rotatable bonds is 10. The monoisotopic (exact) mass is 455 g/mol. The predicted molar refractivity (Wildman–Crippen MR) is 144 cm³/mol. The van der Waals surface area contributed by atoms with Gasteiger partial charge in [-0.2, -0.15) is 0 Å². The number of fused-ring (bicyclic) bond motifs is 1. The van der Waals surface area contributed by atoms with Crippen LogP contribution in [0.2, 0.25) is 0 Å². The maximum absolute atomic E-state index is 12.9. The fraction of sp³-hybridized carbons (Fsp3) is 0.500. The van der Waals surface area contributed by atoms with Crippen LogP contribution in [-0.2, 0) is 17.6 Å². The normalized spacial score (nSPS) is 20.3. The highest BCUT2D eigenvalue weighted by Crippen LogP contribution is 2.38. The van der Waals surface area contributed by atoms with Gasteiger partial charge in [0.25, 0.3) is 0 Å². The summed E-state index contributed by atoms with van der Waals surface area (Å²) in [5.74, 6) is 1.52. The van der Waals surface area contributed by atoms with Crippen LogP contribution in [0.1, 0.15) is 111 Å². The molecule has 0 N–H and O–H groups in total. The lowest BCUT2D eigenvalue weighted by molar-refractivity contribution is -0.120. The third-order valence-electron chi connectivity index (χ3n) is 7.72. The van der Waals surface area contributed by atoms with Crippen molar-refractivity contribution in [2.75, 3.05) is 0 Å². The Bertz CT molecular complexity index is 1000. The summed E-state index contributed by atoms with van der Waals surface area (Å²) in [6, 6.07) is 10.8. The van der Waals surface area contributed by atoms with E-state index in [9.17, 15) is 4.79 Å². The minimum absolute atomic E-state index is 0.436. The number of carbonyl (C=O) groups is 1. The molecule has 0 amide bonds. The lowest BCUT2D eigenvalue weighted by Gasteiger charge is -2.20. The summed E-state index contributed by atoms with van der Waals surface area (Å²) < 4.78 is 0. The summed E-state index contributed by atoms with van der Waals surface area (Å²) in [6.45, 7) is 2.23. The number of allylic oxidation sites excluding steroid dienone is 2.